The molecule has 3 rings (SSSR count). The van der Waals surface area contributed by atoms with Gasteiger partial charge in [0.15, 0.2) is 11.4 Å². The standard InChI is InChI=1S/C17H16BrN5O3S/c1-9(2)7-13-20-21-17(27-13)19-16(26)15-12(24)8-14(25)23(22-15)11-5-3-10(18)4-6-11/h3-6,8-9,24H,7H2,1-2H3,(H,19,21,26). The van der Waals surface area contributed by atoms with Crippen molar-refractivity contribution in [1.29, 1.82) is 0 Å². The van der Waals surface area contributed by atoms with E-state index in [1.807, 2.05) is 0 Å². The van der Waals surface area contributed by atoms with E-state index in [-0.39, 0.29) is 5.69 Å². The molecule has 0 aliphatic heterocycles. The number of aromatic nitrogens is 4. The molecule has 0 aliphatic carbocycles. The summed E-state index contributed by atoms with van der Waals surface area (Å²) in [5, 5.41) is 25.6. The smallest absolute Gasteiger partial charge is 0.281 e. The molecule has 0 saturated carbocycles. The van der Waals surface area contributed by atoms with Crippen LogP contribution in [0.15, 0.2) is 39.6 Å². The predicted molar refractivity (Wildman–Crippen MR) is 106 cm³/mol. The number of rotatable bonds is 5. The van der Waals surface area contributed by atoms with E-state index in [1.165, 1.54) is 11.3 Å². The molecule has 2 heterocycles. The van der Waals surface area contributed by atoms with Gasteiger partial charge >= 0.3 is 0 Å². The quantitative estimate of drug-likeness (QED) is 0.619. The van der Waals surface area contributed by atoms with Gasteiger partial charge in [0.2, 0.25) is 5.13 Å². The molecule has 1 aromatic carbocycles. The van der Waals surface area contributed by atoms with Gasteiger partial charge in [-0.05, 0) is 30.2 Å². The third-order valence-corrected chi connectivity index (χ3v) is 4.86. The van der Waals surface area contributed by atoms with E-state index in [0.717, 1.165) is 26.6 Å². The number of benzene rings is 1. The number of halogens is 1. The van der Waals surface area contributed by atoms with Crippen molar-refractivity contribution in [1.82, 2.24) is 20.0 Å². The number of hydrogen-bond donors (Lipinski definition) is 2. The molecule has 0 fully saturated rings. The normalized spacial score (nSPS) is 11.0. The summed E-state index contributed by atoms with van der Waals surface area (Å²) in [7, 11) is 0. The molecule has 2 N–H and O–H groups in total. The highest BCUT2D eigenvalue weighted by atomic mass is 79.9. The summed E-state index contributed by atoms with van der Waals surface area (Å²) in [4.78, 5) is 24.6. The number of carbonyl (C=O) groups excluding carboxylic acids is 1. The Morgan fingerprint density at radius 3 is 2.67 bits per heavy atom. The first-order valence-electron chi connectivity index (χ1n) is 8.06. The zero-order valence-corrected chi connectivity index (χ0v) is 16.9. The van der Waals surface area contributed by atoms with E-state index >= 15 is 0 Å². The van der Waals surface area contributed by atoms with Gasteiger partial charge in [0, 0.05) is 17.0 Å². The van der Waals surface area contributed by atoms with Crippen LogP contribution in [0.5, 0.6) is 5.75 Å². The van der Waals surface area contributed by atoms with Crippen molar-refractivity contribution in [3.05, 3.63) is 55.9 Å². The van der Waals surface area contributed by atoms with E-state index in [4.69, 9.17) is 0 Å². The van der Waals surface area contributed by atoms with Crippen molar-refractivity contribution in [2.75, 3.05) is 5.32 Å². The SMILES string of the molecule is CC(C)Cc1nnc(NC(=O)c2nn(-c3ccc(Br)cc3)c(=O)cc2O)s1. The Hall–Kier alpha value is -2.59. The second-order valence-corrected chi connectivity index (χ2v) is 8.14. The van der Waals surface area contributed by atoms with Gasteiger partial charge in [0.25, 0.3) is 11.5 Å². The molecule has 1 amide bonds. The van der Waals surface area contributed by atoms with Gasteiger partial charge < -0.3 is 5.11 Å². The summed E-state index contributed by atoms with van der Waals surface area (Å²) in [6.07, 6.45) is 0.755. The Kier molecular flexibility index (Phi) is 5.66. The minimum absolute atomic E-state index is 0.280. The van der Waals surface area contributed by atoms with Gasteiger partial charge in [-0.3, -0.25) is 14.9 Å². The minimum Gasteiger partial charge on any atom is -0.505 e. The van der Waals surface area contributed by atoms with E-state index in [1.54, 1.807) is 24.3 Å². The summed E-state index contributed by atoms with van der Waals surface area (Å²) in [6, 6.07) is 7.77. The van der Waals surface area contributed by atoms with Crippen LogP contribution in [0.4, 0.5) is 5.13 Å². The Labute approximate surface area is 167 Å². The lowest BCUT2D eigenvalue weighted by molar-refractivity contribution is 0.101. The molecule has 3 aromatic rings. The van der Waals surface area contributed by atoms with Gasteiger partial charge in [0.1, 0.15) is 5.01 Å². The molecular weight excluding hydrogens is 434 g/mol. The largest absolute Gasteiger partial charge is 0.505 e. The highest BCUT2D eigenvalue weighted by molar-refractivity contribution is 9.10. The molecule has 0 spiro atoms. The van der Waals surface area contributed by atoms with E-state index in [2.05, 4.69) is 50.4 Å². The summed E-state index contributed by atoms with van der Waals surface area (Å²) >= 11 is 4.57. The molecule has 27 heavy (non-hydrogen) atoms. The molecule has 0 radical (unpaired) electrons. The Morgan fingerprint density at radius 1 is 1.30 bits per heavy atom. The molecule has 2 aromatic heterocycles. The highest BCUT2D eigenvalue weighted by Gasteiger charge is 2.19. The minimum atomic E-state index is -0.675. The van der Waals surface area contributed by atoms with E-state index in [0.29, 0.717) is 16.7 Å². The van der Waals surface area contributed by atoms with Gasteiger partial charge in [-0.15, -0.1) is 10.2 Å². The number of amides is 1. The van der Waals surface area contributed by atoms with E-state index < -0.39 is 17.2 Å². The molecule has 8 nitrogen and oxygen atoms in total. The maximum atomic E-state index is 12.5. The van der Waals surface area contributed by atoms with Crippen LogP contribution in [0.3, 0.4) is 0 Å². The average Bonchev–Trinajstić information content (AvgIpc) is 3.02. The predicted octanol–water partition coefficient (Wildman–Crippen LogP) is 3.00. The fourth-order valence-electron chi connectivity index (χ4n) is 2.27. The number of carbonyl (C=O) groups is 1. The molecular formula is C17H16BrN5O3S. The van der Waals surface area contributed by atoms with Crippen LogP contribution in [0, 0.1) is 5.92 Å². The number of hydrogen-bond acceptors (Lipinski definition) is 7. The molecule has 0 bridgehead atoms. The van der Waals surface area contributed by atoms with Crippen molar-refractivity contribution in [3.63, 3.8) is 0 Å². The van der Waals surface area contributed by atoms with Crippen LogP contribution in [-0.2, 0) is 6.42 Å². The van der Waals surface area contributed by atoms with Gasteiger partial charge in [0.05, 0.1) is 5.69 Å². The van der Waals surface area contributed by atoms with Crippen LogP contribution in [0.25, 0.3) is 5.69 Å². The van der Waals surface area contributed by atoms with Crippen molar-refractivity contribution in [3.8, 4) is 11.4 Å². The Morgan fingerprint density at radius 2 is 2.00 bits per heavy atom. The molecule has 0 unspecified atom stereocenters. The number of aromatic hydroxyl groups is 1. The molecule has 140 valence electrons. The lowest BCUT2D eigenvalue weighted by Gasteiger charge is -2.08. The zero-order valence-electron chi connectivity index (χ0n) is 14.5. The third-order valence-electron chi connectivity index (χ3n) is 3.47. The first-order valence-corrected chi connectivity index (χ1v) is 9.67. The van der Waals surface area contributed by atoms with Crippen LogP contribution in [-0.4, -0.2) is 31.0 Å². The lowest BCUT2D eigenvalue weighted by Crippen LogP contribution is -2.25. The van der Waals surface area contributed by atoms with Crippen LogP contribution in [0.2, 0.25) is 0 Å². The number of nitrogens with zero attached hydrogens (tertiary/aromatic N) is 4. The maximum absolute atomic E-state index is 12.5. The van der Waals surface area contributed by atoms with Crippen molar-refractivity contribution < 1.29 is 9.90 Å². The first kappa shape index (κ1) is 19.2. The van der Waals surface area contributed by atoms with E-state index in [9.17, 15) is 14.7 Å². The summed E-state index contributed by atoms with van der Waals surface area (Å²) in [5.74, 6) is -0.759. The van der Waals surface area contributed by atoms with Gasteiger partial charge in [-0.25, -0.2) is 0 Å². The van der Waals surface area contributed by atoms with Gasteiger partial charge in [-0.1, -0.05) is 41.1 Å². The van der Waals surface area contributed by atoms with Crippen molar-refractivity contribution >= 4 is 38.3 Å². The van der Waals surface area contributed by atoms with Gasteiger partial charge in [-0.2, -0.15) is 9.78 Å². The lowest BCUT2D eigenvalue weighted by atomic mass is 10.1. The number of nitrogens with one attached hydrogen (secondary N) is 1. The van der Waals surface area contributed by atoms with Crippen molar-refractivity contribution in [2.45, 2.75) is 20.3 Å². The molecule has 0 saturated heterocycles. The summed E-state index contributed by atoms with van der Waals surface area (Å²) in [5.41, 5.74) is -0.368. The van der Waals surface area contributed by atoms with Crippen LogP contribution >= 0.6 is 27.3 Å². The maximum Gasteiger partial charge on any atom is 0.281 e. The summed E-state index contributed by atoms with van der Waals surface area (Å²) < 4.78 is 1.88. The topological polar surface area (TPSA) is 110 Å². The van der Waals surface area contributed by atoms with Crippen LogP contribution < -0.4 is 10.9 Å². The van der Waals surface area contributed by atoms with Crippen LogP contribution in [0.1, 0.15) is 29.3 Å². The third kappa shape index (κ3) is 4.58. The second kappa shape index (κ2) is 7.97. The summed E-state index contributed by atoms with van der Waals surface area (Å²) in [6.45, 7) is 4.12. The monoisotopic (exact) mass is 449 g/mol. The highest BCUT2D eigenvalue weighted by Crippen LogP contribution is 2.20. The Balaban J connectivity index is 1.88. The number of anilines is 1. The Bertz CT molecular complexity index is 1030. The van der Waals surface area contributed by atoms with Crippen molar-refractivity contribution in [2.24, 2.45) is 5.92 Å². The fraction of sp³-hybridized carbons (Fsp3) is 0.235. The first-order chi connectivity index (χ1) is 12.8. The molecule has 10 heteroatoms. The fourth-order valence-corrected chi connectivity index (χ4v) is 3.48. The second-order valence-electron chi connectivity index (χ2n) is 6.16. The molecule has 0 aliphatic rings. The zero-order chi connectivity index (χ0) is 19.6. The molecule has 0 atom stereocenters. The average molecular weight is 450 g/mol.